The fraction of sp³-hybridized carbons (Fsp3) is 0.500. The van der Waals surface area contributed by atoms with E-state index in [0.717, 1.165) is 24.1 Å². The zero-order chi connectivity index (χ0) is 16.3. The van der Waals surface area contributed by atoms with Crippen LogP contribution in [0.3, 0.4) is 0 Å². The summed E-state index contributed by atoms with van der Waals surface area (Å²) in [6.07, 6.45) is 1.63. The molecule has 1 saturated heterocycles. The first-order valence-electron chi connectivity index (χ1n) is 7.42. The third-order valence-electron chi connectivity index (χ3n) is 3.97. The van der Waals surface area contributed by atoms with Crippen LogP contribution in [0.15, 0.2) is 18.2 Å². The number of halogens is 1. The molecule has 0 bridgehead atoms. The number of nitrogens with zero attached hydrogens (tertiary/aromatic N) is 2. The molecule has 0 unspecified atom stereocenters. The summed E-state index contributed by atoms with van der Waals surface area (Å²) in [6, 6.07) is 5.40. The molecule has 0 saturated carbocycles. The second-order valence-corrected chi connectivity index (χ2v) is 6.27. The minimum Gasteiger partial charge on any atom is -0.331 e. The number of anilines is 1. The molecule has 1 aromatic carbocycles. The van der Waals surface area contributed by atoms with Gasteiger partial charge in [-0.3, -0.25) is 4.79 Å². The second kappa shape index (κ2) is 7.01. The molecular weight excluding hydrogens is 302 g/mol. The van der Waals surface area contributed by atoms with E-state index in [2.05, 4.69) is 5.32 Å². The van der Waals surface area contributed by atoms with E-state index in [1.54, 1.807) is 30.0 Å². The van der Waals surface area contributed by atoms with Crippen LogP contribution in [0.25, 0.3) is 0 Å². The molecule has 0 aromatic heterocycles. The number of hydrogen-bond donors (Lipinski definition) is 1. The summed E-state index contributed by atoms with van der Waals surface area (Å²) in [4.78, 5) is 27.8. The van der Waals surface area contributed by atoms with Crippen LogP contribution in [0.4, 0.5) is 10.5 Å². The average Bonchev–Trinajstić information content (AvgIpc) is 2.51. The van der Waals surface area contributed by atoms with E-state index in [1.165, 1.54) is 0 Å². The van der Waals surface area contributed by atoms with Crippen molar-refractivity contribution in [1.29, 1.82) is 0 Å². The maximum Gasteiger partial charge on any atom is 0.319 e. The largest absolute Gasteiger partial charge is 0.331 e. The van der Waals surface area contributed by atoms with Crippen molar-refractivity contribution in [2.24, 2.45) is 5.92 Å². The zero-order valence-corrected chi connectivity index (χ0v) is 14.0. The first-order valence-corrected chi connectivity index (χ1v) is 7.80. The molecule has 1 N–H and O–H groups in total. The summed E-state index contributed by atoms with van der Waals surface area (Å²) in [7, 11) is 3.45. The van der Waals surface area contributed by atoms with Crippen molar-refractivity contribution >= 4 is 29.2 Å². The van der Waals surface area contributed by atoms with E-state index >= 15 is 0 Å². The molecular formula is C16H22ClN3O2. The van der Waals surface area contributed by atoms with Crippen molar-refractivity contribution in [1.82, 2.24) is 9.80 Å². The Bertz CT molecular complexity index is 575. The second-order valence-electron chi connectivity index (χ2n) is 5.86. The highest BCUT2D eigenvalue weighted by atomic mass is 35.5. The Balaban J connectivity index is 2.03. The number of carbonyl (C=O) groups is 2. The molecule has 6 heteroatoms. The van der Waals surface area contributed by atoms with Gasteiger partial charge in [0.25, 0.3) is 0 Å². The Morgan fingerprint density at radius 2 is 2.09 bits per heavy atom. The lowest BCUT2D eigenvalue weighted by Gasteiger charge is -2.33. The molecule has 0 aliphatic carbocycles. The Morgan fingerprint density at radius 3 is 2.77 bits per heavy atom. The predicted octanol–water partition coefficient (Wildman–Crippen LogP) is 2.98. The lowest BCUT2D eigenvalue weighted by Crippen LogP contribution is -2.47. The van der Waals surface area contributed by atoms with Crippen LogP contribution in [-0.4, -0.2) is 48.9 Å². The Hall–Kier alpha value is -1.75. The van der Waals surface area contributed by atoms with Crippen LogP contribution in [0.1, 0.15) is 18.4 Å². The maximum atomic E-state index is 12.5. The molecule has 2 rings (SSSR count). The SMILES string of the molecule is Cc1c(Cl)cccc1NC(=O)[C@@H]1CCCN(C(=O)N(C)C)C1. The number of rotatable bonds is 2. The summed E-state index contributed by atoms with van der Waals surface area (Å²) < 4.78 is 0. The van der Waals surface area contributed by atoms with Gasteiger partial charge in [0.15, 0.2) is 0 Å². The lowest BCUT2D eigenvalue weighted by molar-refractivity contribution is -0.121. The molecule has 1 fully saturated rings. The van der Waals surface area contributed by atoms with Gasteiger partial charge in [0.05, 0.1) is 5.92 Å². The van der Waals surface area contributed by atoms with Gasteiger partial charge in [-0.2, -0.15) is 0 Å². The summed E-state index contributed by atoms with van der Waals surface area (Å²) in [6.45, 7) is 3.04. The van der Waals surface area contributed by atoms with Gasteiger partial charge in [-0.15, -0.1) is 0 Å². The number of amides is 3. The van der Waals surface area contributed by atoms with Crippen LogP contribution in [0, 0.1) is 12.8 Å². The monoisotopic (exact) mass is 323 g/mol. The normalized spacial score (nSPS) is 18.0. The Labute approximate surface area is 136 Å². The van der Waals surface area contributed by atoms with Gasteiger partial charge in [0, 0.05) is 37.9 Å². The number of likely N-dealkylation sites (tertiary alicyclic amines) is 1. The first kappa shape index (κ1) is 16.6. The fourth-order valence-electron chi connectivity index (χ4n) is 2.63. The van der Waals surface area contributed by atoms with Crippen LogP contribution >= 0.6 is 11.6 Å². The van der Waals surface area contributed by atoms with Crippen LogP contribution < -0.4 is 5.32 Å². The van der Waals surface area contributed by atoms with Crippen molar-refractivity contribution in [3.63, 3.8) is 0 Å². The van der Waals surface area contributed by atoms with E-state index in [9.17, 15) is 9.59 Å². The molecule has 22 heavy (non-hydrogen) atoms. The molecule has 0 spiro atoms. The van der Waals surface area contributed by atoms with Crippen LogP contribution in [0.5, 0.6) is 0 Å². The minimum atomic E-state index is -0.184. The molecule has 5 nitrogen and oxygen atoms in total. The van der Waals surface area contributed by atoms with Crippen molar-refractivity contribution in [3.05, 3.63) is 28.8 Å². The Kier molecular flexibility index (Phi) is 5.29. The predicted molar refractivity (Wildman–Crippen MR) is 88.2 cm³/mol. The Morgan fingerprint density at radius 1 is 1.36 bits per heavy atom. The smallest absolute Gasteiger partial charge is 0.319 e. The van der Waals surface area contributed by atoms with Gasteiger partial charge in [0.2, 0.25) is 5.91 Å². The minimum absolute atomic E-state index is 0.0450. The fourth-order valence-corrected chi connectivity index (χ4v) is 2.80. The highest BCUT2D eigenvalue weighted by Crippen LogP contribution is 2.25. The molecule has 0 radical (unpaired) electrons. The maximum absolute atomic E-state index is 12.5. The molecule has 1 aliphatic heterocycles. The van der Waals surface area contributed by atoms with Crippen molar-refractivity contribution in [2.45, 2.75) is 19.8 Å². The van der Waals surface area contributed by atoms with Crippen LogP contribution in [0.2, 0.25) is 5.02 Å². The molecule has 1 aliphatic rings. The van der Waals surface area contributed by atoms with Crippen molar-refractivity contribution in [3.8, 4) is 0 Å². The van der Waals surface area contributed by atoms with E-state index in [4.69, 9.17) is 11.6 Å². The van der Waals surface area contributed by atoms with E-state index in [0.29, 0.717) is 18.1 Å². The van der Waals surface area contributed by atoms with Crippen molar-refractivity contribution in [2.75, 3.05) is 32.5 Å². The van der Waals surface area contributed by atoms with E-state index in [-0.39, 0.29) is 17.9 Å². The highest BCUT2D eigenvalue weighted by Gasteiger charge is 2.29. The highest BCUT2D eigenvalue weighted by molar-refractivity contribution is 6.31. The standard InChI is InChI=1S/C16H22ClN3O2/c1-11-13(17)7-4-8-14(11)18-15(21)12-6-5-9-20(10-12)16(22)19(2)3/h4,7-8,12H,5-6,9-10H2,1-3H3,(H,18,21)/t12-/m1/s1. The van der Waals surface area contributed by atoms with Gasteiger partial charge in [-0.1, -0.05) is 17.7 Å². The van der Waals surface area contributed by atoms with Gasteiger partial charge < -0.3 is 15.1 Å². The summed E-state index contributed by atoms with van der Waals surface area (Å²) in [5, 5.41) is 3.56. The molecule has 1 heterocycles. The number of carbonyl (C=O) groups excluding carboxylic acids is 2. The summed E-state index contributed by atoms with van der Waals surface area (Å²) in [5.41, 5.74) is 1.59. The summed E-state index contributed by atoms with van der Waals surface area (Å²) >= 11 is 6.07. The first-order chi connectivity index (χ1) is 10.4. The van der Waals surface area contributed by atoms with Gasteiger partial charge >= 0.3 is 6.03 Å². The van der Waals surface area contributed by atoms with Gasteiger partial charge in [0.1, 0.15) is 0 Å². The average molecular weight is 324 g/mol. The number of nitrogens with one attached hydrogen (secondary N) is 1. The molecule has 1 aromatic rings. The third kappa shape index (κ3) is 3.71. The van der Waals surface area contributed by atoms with E-state index < -0.39 is 0 Å². The number of benzene rings is 1. The van der Waals surface area contributed by atoms with E-state index in [1.807, 2.05) is 19.1 Å². The lowest BCUT2D eigenvalue weighted by atomic mass is 9.97. The van der Waals surface area contributed by atoms with Crippen molar-refractivity contribution < 1.29 is 9.59 Å². The quantitative estimate of drug-likeness (QED) is 0.909. The zero-order valence-electron chi connectivity index (χ0n) is 13.2. The molecule has 1 atom stereocenters. The van der Waals surface area contributed by atoms with Gasteiger partial charge in [-0.25, -0.2) is 4.79 Å². The number of piperidine rings is 1. The van der Waals surface area contributed by atoms with Crippen LogP contribution in [-0.2, 0) is 4.79 Å². The third-order valence-corrected chi connectivity index (χ3v) is 4.38. The summed E-state index contributed by atoms with van der Waals surface area (Å²) in [5.74, 6) is -0.238. The topological polar surface area (TPSA) is 52.7 Å². The molecule has 120 valence electrons. The number of urea groups is 1. The van der Waals surface area contributed by atoms with Gasteiger partial charge in [-0.05, 0) is 37.5 Å². The molecule has 3 amide bonds. The number of hydrogen-bond acceptors (Lipinski definition) is 2.